The van der Waals surface area contributed by atoms with Crippen molar-refractivity contribution in [1.29, 1.82) is 0 Å². The molecule has 2 N–H and O–H groups in total. The number of nitrogens with zero attached hydrogens (tertiary/aromatic N) is 1. The minimum Gasteiger partial charge on any atom is -0.369 e. The summed E-state index contributed by atoms with van der Waals surface area (Å²) in [7, 11) is 2.17. The van der Waals surface area contributed by atoms with Crippen LogP contribution >= 0.6 is 0 Å². The van der Waals surface area contributed by atoms with Crippen LogP contribution in [0.5, 0.6) is 0 Å². The molecule has 24 heavy (non-hydrogen) atoms. The lowest BCUT2D eigenvalue weighted by Crippen LogP contribution is -2.39. The van der Waals surface area contributed by atoms with Crippen LogP contribution in [0.3, 0.4) is 0 Å². The van der Waals surface area contributed by atoms with Gasteiger partial charge in [0.2, 0.25) is 5.91 Å². The van der Waals surface area contributed by atoms with Gasteiger partial charge in [-0.15, -0.1) is 0 Å². The minimum atomic E-state index is 0.0253. The van der Waals surface area contributed by atoms with Crippen LogP contribution in [-0.2, 0) is 16.6 Å². The van der Waals surface area contributed by atoms with Crippen LogP contribution in [0, 0.1) is 0 Å². The van der Waals surface area contributed by atoms with Crippen LogP contribution in [-0.4, -0.2) is 30.6 Å². The second kappa shape index (κ2) is 5.64. The maximum absolute atomic E-state index is 12.3. The van der Waals surface area contributed by atoms with E-state index < -0.39 is 0 Å². The average Bonchev–Trinajstić information content (AvgIpc) is 3.02. The Morgan fingerprint density at radius 1 is 1.29 bits per heavy atom. The van der Waals surface area contributed by atoms with Gasteiger partial charge in [-0.1, -0.05) is 37.3 Å². The first-order valence-corrected chi connectivity index (χ1v) is 8.51. The predicted molar refractivity (Wildman–Crippen MR) is 97.2 cm³/mol. The molecular formula is C20H23N3O. The maximum Gasteiger partial charge on any atom is 0.228 e. The molecule has 0 aliphatic carbocycles. The monoisotopic (exact) mass is 321 g/mol. The molecule has 0 spiro atoms. The topological polar surface area (TPSA) is 44.4 Å². The van der Waals surface area contributed by atoms with Crippen LogP contribution in [0.4, 0.5) is 11.4 Å². The minimum absolute atomic E-state index is 0.0253. The molecule has 0 radical (unpaired) electrons. The van der Waals surface area contributed by atoms with Gasteiger partial charge >= 0.3 is 0 Å². The molecular weight excluding hydrogens is 298 g/mol. The van der Waals surface area contributed by atoms with Crippen LogP contribution in [0.2, 0.25) is 0 Å². The van der Waals surface area contributed by atoms with Crippen molar-refractivity contribution in [1.82, 2.24) is 4.90 Å². The summed E-state index contributed by atoms with van der Waals surface area (Å²) >= 11 is 0. The Balaban J connectivity index is 1.53. The van der Waals surface area contributed by atoms with Gasteiger partial charge in [0.25, 0.3) is 0 Å². The highest BCUT2D eigenvalue weighted by Gasteiger charge is 2.49. The fourth-order valence-corrected chi connectivity index (χ4v) is 4.07. The lowest BCUT2D eigenvalue weighted by molar-refractivity contribution is -0.115. The van der Waals surface area contributed by atoms with Crippen molar-refractivity contribution in [3.63, 3.8) is 0 Å². The van der Waals surface area contributed by atoms with Gasteiger partial charge in [-0.25, -0.2) is 0 Å². The highest BCUT2D eigenvalue weighted by Crippen LogP contribution is 2.48. The molecule has 4 nitrogen and oxygen atoms in total. The normalized spacial score (nSPS) is 25.0. The molecule has 1 saturated heterocycles. The molecule has 4 rings (SSSR count). The third-order valence-corrected chi connectivity index (χ3v) is 5.44. The van der Waals surface area contributed by atoms with Gasteiger partial charge in [-0.2, -0.15) is 0 Å². The molecule has 1 amide bonds. The molecule has 0 saturated carbocycles. The summed E-state index contributed by atoms with van der Waals surface area (Å²) in [6.07, 6.45) is 1.91. The van der Waals surface area contributed by atoms with Crippen molar-refractivity contribution >= 4 is 17.3 Å². The molecule has 1 fully saturated rings. The summed E-state index contributed by atoms with van der Waals surface area (Å²) in [5.74, 6) is 0.0253. The largest absolute Gasteiger partial charge is 0.369 e. The van der Waals surface area contributed by atoms with Gasteiger partial charge in [0.1, 0.15) is 0 Å². The molecule has 2 aromatic carbocycles. The van der Waals surface area contributed by atoms with Crippen molar-refractivity contribution in [3.8, 4) is 0 Å². The number of anilines is 2. The summed E-state index contributed by atoms with van der Waals surface area (Å²) < 4.78 is 0. The van der Waals surface area contributed by atoms with Gasteiger partial charge in [0, 0.05) is 23.3 Å². The third-order valence-electron chi connectivity index (χ3n) is 5.44. The molecule has 2 heterocycles. The zero-order valence-corrected chi connectivity index (χ0v) is 14.2. The van der Waals surface area contributed by atoms with Crippen LogP contribution in [0.25, 0.3) is 0 Å². The van der Waals surface area contributed by atoms with Gasteiger partial charge < -0.3 is 10.6 Å². The standard InChI is InChI=1S/C20H23N3O/c1-20-10-11-23(2)19(20)22-17-9-8-14(12-16(17)20)13-18(24)21-15-6-4-3-5-7-15/h3-9,12,19,22H,10-11,13H2,1-2H3,(H,21,24). The number of likely N-dealkylation sites (tertiary alicyclic amines) is 1. The SMILES string of the molecule is CN1CCC2(C)c3cc(CC(=O)Nc4ccccc4)ccc3NC12. The lowest BCUT2D eigenvalue weighted by atomic mass is 9.81. The zero-order valence-electron chi connectivity index (χ0n) is 14.2. The number of benzene rings is 2. The third kappa shape index (κ3) is 2.47. The quantitative estimate of drug-likeness (QED) is 0.912. The molecule has 2 aliphatic heterocycles. The predicted octanol–water partition coefficient (Wildman–Crippen LogP) is 3.21. The van der Waals surface area contributed by atoms with Crippen LogP contribution < -0.4 is 10.6 Å². The van der Waals surface area contributed by atoms with Crippen molar-refractivity contribution in [2.45, 2.75) is 31.3 Å². The lowest BCUT2D eigenvalue weighted by Gasteiger charge is -2.27. The molecule has 4 heteroatoms. The van der Waals surface area contributed by atoms with E-state index in [0.29, 0.717) is 12.6 Å². The highest BCUT2D eigenvalue weighted by molar-refractivity contribution is 5.92. The summed E-state index contributed by atoms with van der Waals surface area (Å²) in [4.78, 5) is 14.7. The molecule has 0 aromatic heterocycles. The summed E-state index contributed by atoms with van der Waals surface area (Å²) in [6.45, 7) is 3.43. The molecule has 0 bridgehead atoms. The number of rotatable bonds is 3. The molecule has 124 valence electrons. The molecule has 2 unspecified atom stereocenters. The second-order valence-electron chi connectivity index (χ2n) is 7.17. The number of amides is 1. The fourth-order valence-electron chi connectivity index (χ4n) is 4.07. The van der Waals surface area contributed by atoms with Crippen molar-refractivity contribution in [3.05, 3.63) is 59.7 Å². The van der Waals surface area contributed by atoms with Gasteiger partial charge in [0.15, 0.2) is 0 Å². The Morgan fingerprint density at radius 3 is 2.88 bits per heavy atom. The number of hydrogen-bond acceptors (Lipinski definition) is 3. The van der Waals surface area contributed by atoms with E-state index in [1.807, 2.05) is 30.3 Å². The first kappa shape index (κ1) is 15.2. The van der Waals surface area contributed by atoms with E-state index in [2.05, 4.69) is 47.7 Å². The second-order valence-corrected chi connectivity index (χ2v) is 7.17. The first-order chi connectivity index (χ1) is 11.6. The van der Waals surface area contributed by atoms with E-state index in [0.717, 1.165) is 24.2 Å². The summed E-state index contributed by atoms with van der Waals surface area (Å²) in [5.41, 5.74) is 4.61. The van der Waals surface area contributed by atoms with E-state index >= 15 is 0 Å². The van der Waals surface area contributed by atoms with Gasteiger partial charge in [-0.05, 0) is 42.8 Å². The van der Waals surface area contributed by atoms with Crippen LogP contribution in [0.15, 0.2) is 48.5 Å². The van der Waals surface area contributed by atoms with Crippen LogP contribution in [0.1, 0.15) is 24.5 Å². The first-order valence-electron chi connectivity index (χ1n) is 8.51. The summed E-state index contributed by atoms with van der Waals surface area (Å²) in [5, 5.41) is 6.59. The number of hydrogen-bond donors (Lipinski definition) is 2. The number of carbonyl (C=O) groups excluding carboxylic acids is 1. The zero-order chi connectivity index (χ0) is 16.7. The number of fused-ring (bicyclic) bond motifs is 3. The van der Waals surface area contributed by atoms with Gasteiger partial charge in [0.05, 0.1) is 12.6 Å². The average molecular weight is 321 g/mol. The molecule has 2 atom stereocenters. The molecule has 2 aliphatic rings. The van der Waals surface area contributed by atoms with E-state index in [9.17, 15) is 4.79 Å². The Kier molecular flexibility index (Phi) is 3.57. The number of carbonyl (C=O) groups is 1. The van der Waals surface area contributed by atoms with E-state index in [4.69, 9.17) is 0 Å². The number of nitrogens with one attached hydrogen (secondary N) is 2. The van der Waals surface area contributed by atoms with E-state index in [1.165, 1.54) is 11.3 Å². The summed E-state index contributed by atoms with van der Waals surface area (Å²) in [6, 6.07) is 16.0. The van der Waals surface area contributed by atoms with Gasteiger partial charge in [-0.3, -0.25) is 9.69 Å². The van der Waals surface area contributed by atoms with Crippen molar-refractivity contribution in [2.24, 2.45) is 0 Å². The number of likely N-dealkylation sites (N-methyl/N-ethyl adjacent to an activating group) is 1. The number of para-hydroxylation sites is 1. The Bertz CT molecular complexity index is 774. The Hall–Kier alpha value is -2.33. The van der Waals surface area contributed by atoms with E-state index in [-0.39, 0.29) is 11.3 Å². The fraction of sp³-hybridized carbons (Fsp3) is 0.350. The van der Waals surface area contributed by atoms with E-state index in [1.54, 1.807) is 0 Å². The highest BCUT2D eigenvalue weighted by atomic mass is 16.1. The molecule has 2 aromatic rings. The van der Waals surface area contributed by atoms with Crippen molar-refractivity contribution in [2.75, 3.05) is 24.2 Å². The smallest absolute Gasteiger partial charge is 0.228 e. The Labute approximate surface area is 142 Å². The van der Waals surface area contributed by atoms with Crippen molar-refractivity contribution < 1.29 is 4.79 Å². The Morgan fingerprint density at radius 2 is 2.08 bits per heavy atom. The maximum atomic E-state index is 12.3.